The van der Waals surface area contributed by atoms with Crippen molar-refractivity contribution in [1.29, 1.82) is 0 Å². The van der Waals surface area contributed by atoms with Crippen LogP contribution in [0.2, 0.25) is 0 Å². The van der Waals surface area contributed by atoms with E-state index < -0.39 is 52.8 Å². The van der Waals surface area contributed by atoms with E-state index in [1.54, 1.807) is 101 Å². The Balaban J connectivity index is 2.45. The topological polar surface area (TPSA) is 198 Å². The van der Waals surface area contributed by atoms with Crippen molar-refractivity contribution in [3.8, 4) is 0 Å². The number of carbonyl (C=O) groups excluding carboxylic acids is 5. The summed E-state index contributed by atoms with van der Waals surface area (Å²) in [6.07, 6.45) is -3.46. The van der Waals surface area contributed by atoms with E-state index in [2.05, 4.69) is 37.8 Å². The van der Waals surface area contributed by atoms with Gasteiger partial charge in [0.25, 0.3) is 5.91 Å². The van der Waals surface area contributed by atoms with Crippen LogP contribution in [-0.4, -0.2) is 69.6 Å². The number of anilines is 1. The lowest BCUT2D eigenvalue weighted by Gasteiger charge is -2.46. The summed E-state index contributed by atoms with van der Waals surface area (Å²) in [5, 5.41) is 11.1. The number of nitrogens with zero attached hydrogens (tertiary/aromatic N) is 3. The average molecular weight is 688 g/mol. The van der Waals surface area contributed by atoms with Crippen molar-refractivity contribution in [1.82, 2.24) is 20.9 Å². The van der Waals surface area contributed by atoms with E-state index in [-0.39, 0.29) is 30.6 Å². The molecule has 49 heavy (non-hydrogen) atoms. The van der Waals surface area contributed by atoms with Crippen LogP contribution in [0.3, 0.4) is 0 Å². The van der Waals surface area contributed by atoms with Crippen molar-refractivity contribution in [2.45, 2.75) is 119 Å². The predicted molar refractivity (Wildman–Crippen MR) is 183 cm³/mol. The molecule has 2 rings (SSSR count). The zero-order chi connectivity index (χ0) is 37.5. The quantitative estimate of drug-likeness (QED) is 0.124. The lowest BCUT2D eigenvalue weighted by molar-refractivity contribution is -0.128. The Labute approximate surface area is 287 Å². The number of benzene rings is 1. The zero-order valence-corrected chi connectivity index (χ0v) is 30.4. The Morgan fingerprint density at radius 2 is 1.31 bits per heavy atom. The molecule has 16 nitrogen and oxygen atoms in total. The van der Waals surface area contributed by atoms with Gasteiger partial charge in [-0.15, -0.1) is 9.98 Å². The van der Waals surface area contributed by atoms with Gasteiger partial charge in [-0.05, 0) is 106 Å². The molecule has 0 atom stereocenters. The second kappa shape index (κ2) is 15.4. The normalized spacial score (nSPS) is 14.9. The largest absolute Gasteiger partial charge is 0.444 e. The number of carbonyl (C=O) groups is 5. The molecular formula is C33H49N7O9. The van der Waals surface area contributed by atoms with Crippen LogP contribution in [0.5, 0.6) is 0 Å². The zero-order valence-electron chi connectivity index (χ0n) is 30.4. The summed E-state index contributed by atoms with van der Waals surface area (Å²) < 4.78 is 21.1. The third-order valence-corrected chi connectivity index (χ3v) is 5.69. The molecule has 0 bridgehead atoms. The van der Waals surface area contributed by atoms with Gasteiger partial charge in [0.1, 0.15) is 16.8 Å². The fraction of sp³-hybridized carbons (Fsp3) is 0.545. The summed E-state index contributed by atoms with van der Waals surface area (Å²) in [7, 11) is 0. The van der Waals surface area contributed by atoms with Crippen LogP contribution in [0.25, 0.3) is 0 Å². The summed E-state index contributed by atoms with van der Waals surface area (Å²) in [5.74, 6) is -0.787. The van der Waals surface area contributed by atoms with E-state index in [1.165, 1.54) is 4.90 Å². The first-order chi connectivity index (χ1) is 22.2. The number of ether oxygens (including phenoxy) is 4. The number of nitrogens with one attached hydrogen (secondary N) is 4. The minimum absolute atomic E-state index is 0.00838. The van der Waals surface area contributed by atoms with Gasteiger partial charge >= 0.3 is 24.4 Å². The standard InChI is InChI=1S/C33H49N7O9/c1-19(2)23(41)36-22-15-20(17-34-24(37-26(42)46-30(3,4)5)38-27(43)47-31(6,7)8)14-21(16-22)18-35-25(39-28(44)48-32(9,10)11)40-29(45)49-33(40,12)13/h14-16H,1,17-18H2,2-13H3,(H,36,41)(H,35,39,44)(H2,34,37,38,42,43). The van der Waals surface area contributed by atoms with Crippen LogP contribution in [0.4, 0.5) is 24.9 Å². The first kappa shape index (κ1) is 40.0. The lowest BCUT2D eigenvalue weighted by Crippen LogP contribution is -2.66. The van der Waals surface area contributed by atoms with Crippen molar-refractivity contribution in [2.24, 2.45) is 9.98 Å². The summed E-state index contributed by atoms with van der Waals surface area (Å²) in [5.41, 5.74) is -1.82. The number of hydrogen-bond donors (Lipinski definition) is 4. The molecule has 0 aliphatic carbocycles. The highest BCUT2D eigenvalue weighted by atomic mass is 16.6. The average Bonchev–Trinajstić information content (AvgIpc) is 2.86. The Bertz CT molecular complexity index is 1530. The molecule has 1 aliphatic heterocycles. The van der Waals surface area contributed by atoms with E-state index in [0.717, 1.165) is 0 Å². The molecule has 0 saturated carbocycles. The molecule has 4 N–H and O–H groups in total. The van der Waals surface area contributed by atoms with Crippen LogP contribution in [-0.2, 0) is 36.8 Å². The second-order valence-corrected chi connectivity index (χ2v) is 14.6. The highest BCUT2D eigenvalue weighted by Gasteiger charge is 2.49. The Hall–Kier alpha value is -5.15. The number of guanidine groups is 2. The second-order valence-electron chi connectivity index (χ2n) is 14.6. The first-order valence-corrected chi connectivity index (χ1v) is 15.5. The molecule has 0 spiro atoms. The van der Waals surface area contributed by atoms with Gasteiger partial charge in [-0.2, -0.15) is 0 Å². The molecular weight excluding hydrogens is 638 g/mol. The summed E-state index contributed by atoms with van der Waals surface area (Å²) in [6, 6.07) is 5.05. The molecule has 1 saturated heterocycles. The SMILES string of the molecule is C=C(C)C(=O)Nc1cc(CN/C(=N/C(=O)OC(C)(C)C)NC(=O)OC(C)(C)C)cc(CN/C(=N/C(=O)OC(C)(C)C)N2C(=O)OC2(C)C)c1. The number of cyclic esters (lactones) is 1. The smallest absolute Gasteiger partial charge is 0.437 e. The van der Waals surface area contributed by atoms with Crippen LogP contribution in [0, 0.1) is 0 Å². The molecule has 1 aromatic rings. The number of hydrogen-bond acceptors (Lipinski definition) is 9. The molecule has 16 heteroatoms. The van der Waals surface area contributed by atoms with E-state index in [9.17, 15) is 24.0 Å². The fourth-order valence-corrected chi connectivity index (χ4v) is 3.90. The van der Waals surface area contributed by atoms with Crippen LogP contribution >= 0.6 is 0 Å². The summed E-state index contributed by atoms with van der Waals surface area (Å²) >= 11 is 0. The third-order valence-electron chi connectivity index (χ3n) is 5.69. The van der Waals surface area contributed by atoms with Crippen molar-refractivity contribution in [3.05, 3.63) is 41.5 Å². The van der Waals surface area contributed by atoms with Gasteiger partial charge in [-0.1, -0.05) is 12.6 Å². The van der Waals surface area contributed by atoms with E-state index in [4.69, 9.17) is 18.9 Å². The molecule has 0 aromatic heterocycles. The van der Waals surface area contributed by atoms with E-state index in [1.807, 2.05) is 0 Å². The number of alkyl carbamates (subject to hydrolysis) is 1. The van der Waals surface area contributed by atoms with Crippen molar-refractivity contribution in [3.63, 3.8) is 0 Å². The maximum atomic E-state index is 12.6. The van der Waals surface area contributed by atoms with Gasteiger partial charge in [0, 0.05) is 24.4 Å². The van der Waals surface area contributed by atoms with Crippen molar-refractivity contribution < 1.29 is 42.9 Å². The minimum atomic E-state index is -1.09. The van der Waals surface area contributed by atoms with E-state index in [0.29, 0.717) is 16.8 Å². The molecule has 1 aromatic carbocycles. The molecule has 1 aliphatic rings. The highest BCUT2D eigenvalue weighted by molar-refractivity contribution is 6.03. The minimum Gasteiger partial charge on any atom is -0.444 e. The predicted octanol–water partition coefficient (Wildman–Crippen LogP) is 5.68. The first-order valence-electron chi connectivity index (χ1n) is 15.5. The Kier molecular flexibility index (Phi) is 12.6. The van der Waals surface area contributed by atoms with Gasteiger partial charge in [-0.25, -0.2) is 24.1 Å². The number of aliphatic imine (C=N–C) groups is 2. The third kappa shape index (κ3) is 14.2. The molecule has 0 unspecified atom stereocenters. The van der Waals surface area contributed by atoms with Gasteiger partial charge in [-0.3, -0.25) is 10.1 Å². The molecule has 1 fully saturated rings. The monoisotopic (exact) mass is 687 g/mol. The summed E-state index contributed by atoms with van der Waals surface area (Å²) in [6.45, 7) is 23.6. The summed E-state index contributed by atoms with van der Waals surface area (Å²) in [4.78, 5) is 71.6. The van der Waals surface area contributed by atoms with E-state index >= 15 is 0 Å². The van der Waals surface area contributed by atoms with Crippen LogP contribution in [0.1, 0.15) is 94.2 Å². The number of rotatable bonds is 6. The highest BCUT2D eigenvalue weighted by Crippen LogP contribution is 2.29. The maximum absolute atomic E-state index is 12.6. The molecule has 0 radical (unpaired) electrons. The van der Waals surface area contributed by atoms with Gasteiger partial charge in [0.15, 0.2) is 5.72 Å². The number of amides is 5. The lowest BCUT2D eigenvalue weighted by atomic mass is 10.1. The van der Waals surface area contributed by atoms with Crippen LogP contribution in [0.15, 0.2) is 40.3 Å². The molecule has 5 amide bonds. The Morgan fingerprint density at radius 3 is 1.76 bits per heavy atom. The van der Waals surface area contributed by atoms with Crippen molar-refractivity contribution in [2.75, 3.05) is 5.32 Å². The molecule has 270 valence electrons. The van der Waals surface area contributed by atoms with Gasteiger partial charge in [0.05, 0.1) is 0 Å². The fourth-order valence-electron chi connectivity index (χ4n) is 3.90. The van der Waals surface area contributed by atoms with Crippen molar-refractivity contribution >= 4 is 47.9 Å². The van der Waals surface area contributed by atoms with Gasteiger partial charge in [0.2, 0.25) is 11.9 Å². The molecule has 1 heterocycles. The van der Waals surface area contributed by atoms with Crippen LogP contribution < -0.4 is 21.3 Å². The maximum Gasteiger partial charge on any atom is 0.437 e. The van der Waals surface area contributed by atoms with Gasteiger partial charge < -0.3 is 34.9 Å². The Morgan fingerprint density at radius 1 is 0.816 bits per heavy atom.